The third kappa shape index (κ3) is 5.20. The molecule has 1 aromatic rings. The quantitative estimate of drug-likeness (QED) is 0.279. The van der Waals surface area contributed by atoms with Crippen molar-refractivity contribution in [3.8, 4) is 0 Å². The molecule has 0 spiro atoms. The van der Waals surface area contributed by atoms with Crippen molar-refractivity contribution >= 4 is 29.2 Å². The van der Waals surface area contributed by atoms with Gasteiger partial charge in [-0.2, -0.15) is 0 Å². The van der Waals surface area contributed by atoms with Gasteiger partial charge in [-0.3, -0.25) is 29.3 Å². The lowest BCUT2D eigenvalue weighted by Gasteiger charge is -2.23. The van der Waals surface area contributed by atoms with Gasteiger partial charge in [-0.05, 0) is 5.56 Å². The molecule has 0 amide bonds. The average Bonchev–Trinajstić information content (AvgIpc) is 2.62. The van der Waals surface area contributed by atoms with E-state index < -0.39 is 46.9 Å². The van der Waals surface area contributed by atoms with Gasteiger partial charge in [-0.15, -0.1) is 0 Å². The van der Waals surface area contributed by atoms with Crippen LogP contribution in [-0.2, 0) is 28.7 Å². The molecule has 1 rings (SSSR count). The van der Waals surface area contributed by atoms with Crippen LogP contribution >= 0.6 is 0 Å². The number of nitro benzene ring substituents is 1. The summed E-state index contributed by atoms with van der Waals surface area (Å²) in [6.07, 6.45) is -0.0122. The van der Waals surface area contributed by atoms with Crippen LogP contribution in [-0.4, -0.2) is 42.1 Å². The first-order valence-electron chi connectivity index (χ1n) is 7.73. The minimum atomic E-state index is -1.58. The van der Waals surface area contributed by atoms with Crippen molar-refractivity contribution in [2.24, 2.45) is 5.92 Å². The van der Waals surface area contributed by atoms with E-state index in [-0.39, 0.29) is 17.7 Å². The fourth-order valence-electron chi connectivity index (χ4n) is 2.46. The molecular formula is C17H19NO8. The second-order valence-electron chi connectivity index (χ2n) is 5.40. The van der Waals surface area contributed by atoms with Crippen LogP contribution in [0, 0.1) is 16.0 Å². The molecule has 0 aliphatic carbocycles. The molecule has 0 aliphatic rings. The zero-order chi connectivity index (χ0) is 19.9. The Kier molecular flexibility index (Phi) is 7.57. The Labute approximate surface area is 149 Å². The normalized spacial score (nSPS) is 12.6. The van der Waals surface area contributed by atoms with E-state index >= 15 is 0 Å². The van der Waals surface area contributed by atoms with Gasteiger partial charge in [0.1, 0.15) is 11.7 Å². The summed E-state index contributed by atoms with van der Waals surface area (Å²) in [6.45, 7) is 1.92. The highest BCUT2D eigenvalue weighted by Crippen LogP contribution is 2.31. The molecule has 0 saturated carbocycles. The number of benzene rings is 1. The Morgan fingerprint density at radius 1 is 1.19 bits per heavy atom. The molecule has 0 radical (unpaired) electrons. The molecule has 2 atom stereocenters. The second-order valence-corrected chi connectivity index (χ2v) is 5.40. The number of nitro groups is 1. The number of ether oxygens (including phenoxy) is 2. The molecule has 9 heteroatoms. The summed E-state index contributed by atoms with van der Waals surface area (Å²) in [4.78, 5) is 58.4. The molecule has 0 bridgehead atoms. The summed E-state index contributed by atoms with van der Waals surface area (Å²) in [7, 11) is 1.05. The average molecular weight is 365 g/mol. The maximum absolute atomic E-state index is 12.5. The van der Waals surface area contributed by atoms with Gasteiger partial charge in [0.25, 0.3) is 5.69 Å². The number of methoxy groups -OCH3 is 1. The first-order valence-corrected chi connectivity index (χ1v) is 7.73. The van der Waals surface area contributed by atoms with E-state index in [4.69, 9.17) is 0 Å². The second kappa shape index (κ2) is 9.40. The predicted octanol–water partition coefficient (Wildman–Crippen LogP) is 1.58. The van der Waals surface area contributed by atoms with E-state index in [2.05, 4.69) is 9.47 Å². The molecule has 0 heterocycles. The zero-order valence-corrected chi connectivity index (χ0v) is 14.6. The van der Waals surface area contributed by atoms with E-state index in [1.54, 1.807) is 0 Å². The van der Waals surface area contributed by atoms with Crippen molar-refractivity contribution in [2.45, 2.75) is 26.2 Å². The van der Waals surface area contributed by atoms with Crippen LogP contribution in [0.1, 0.15) is 31.7 Å². The molecule has 9 nitrogen and oxygen atoms in total. The van der Waals surface area contributed by atoms with Gasteiger partial charge < -0.3 is 9.47 Å². The third-order valence-electron chi connectivity index (χ3n) is 3.69. The fraction of sp³-hybridized carbons (Fsp3) is 0.412. The van der Waals surface area contributed by atoms with Crippen LogP contribution in [0.25, 0.3) is 0 Å². The van der Waals surface area contributed by atoms with E-state index in [1.165, 1.54) is 25.1 Å². The number of esters is 2. The van der Waals surface area contributed by atoms with E-state index in [1.807, 2.05) is 0 Å². The van der Waals surface area contributed by atoms with Gasteiger partial charge in [-0.1, -0.05) is 19.1 Å². The first kappa shape index (κ1) is 20.9. The van der Waals surface area contributed by atoms with E-state index in [0.717, 1.165) is 20.1 Å². The van der Waals surface area contributed by atoms with Crippen LogP contribution in [0.3, 0.4) is 0 Å². The van der Waals surface area contributed by atoms with Crippen molar-refractivity contribution in [1.82, 2.24) is 0 Å². The Hall–Kier alpha value is -3.10. The van der Waals surface area contributed by atoms with Crippen molar-refractivity contribution < 1.29 is 33.6 Å². The van der Waals surface area contributed by atoms with Crippen LogP contribution in [0.4, 0.5) is 5.69 Å². The molecule has 0 fully saturated rings. The minimum Gasteiger partial charge on any atom is -0.468 e. The monoisotopic (exact) mass is 365 g/mol. The van der Waals surface area contributed by atoms with Gasteiger partial charge in [-0.25, -0.2) is 0 Å². The third-order valence-corrected chi connectivity index (χ3v) is 3.69. The maximum atomic E-state index is 12.5. The van der Waals surface area contributed by atoms with Crippen LogP contribution in [0.15, 0.2) is 24.3 Å². The lowest BCUT2D eigenvalue weighted by atomic mass is 9.79. The van der Waals surface area contributed by atoms with Crippen molar-refractivity contribution in [3.05, 3.63) is 39.9 Å². The zero-order valence-electron chi connectivity index (χ0n) is 14.6. The van der Waals surface area contributed by atoms with E-state index in [9.17, 15) is 29.3 Å². The highest BCUT2D eigenvalue weighted by Gasteiger charge is 2.40. The van der Waals surface area contributed by atoms with Crippen LogP contribution in [0.2, 0.25) is 0 Å². The van der Waals surface area contributed by atoms with Gasteiger partial charge in [0.15, 0.2) is 12.4 Å². The summed E-state index contributed by atoms with van der Waals surface area (Å²) in [6, 6.07) is 5.13. The minimum absolute atomic E-state index is 0.0122. The molecule has 0 saturated heterocycles. The standard InChI is InChI=1S/C17H19NO8/c1-4-13(20)15(11-6-5-7-12(8-11)18(23)24)16(17(22)25-3)14(21)9-26-10(2)19/h5-8,15-16H,4,9H2,1-3H3. The number of carbonyl (C=O) groups excluding carboxylic acids is 4. The van der Waals surface area contributed by atoms with Crippen LogP contribution in [0.5, 0.6) is 0 Å². The number of nitrogens with zero attached hydrogens (tertiary/aromatic N) is 1. The lowest BCUT2D eigenvalue weighted by molar-refractivity contribution is -0.384. The van der Waals surface area contributed by atoms with Gasteiger partial charge in [0.2, 0.25) is 0 Å². The van der Waals surface area contributed by atoms with E-state index in [0.29, 0.717) is 0 Å². The largest absolute Gasteiger partial charge is 0.468 e. The van der Waals surface area contributed by atoms with Crippen LogP contribution < -0.4 is 0 Å². The van der Waals surface area contributed by atoms with Gasteiger partial charge in [0, 0.05) is 25.5 Å². The molecule has 0 N–H and O–H groups in total. The maximum Gasteiger partial charge on any atom is 0.317 e. The Bertz CT molecular complexity index is 727. The topological polar surface area (TPSA) is 130 Å². The summed E-state index contributed by atoms with van der Waals surface area (Å²) in [5, 5.41) is 11.0. The number of non-ortho nitro benzene ring substituents is 1. The molecular weight excluding hydrogens is 346 g/mol. The van der Waals surface area contributed by atoms with Crippen molar-refractivity contribution in [1.29, 1.82) is 0 Å². The summed E-state index contributed by atoms with van der Waals surface area (Å²) in [5.41, 5.74) is -0.148. The van der Waals surface area contributed by atoms with Crippen molar-refractivity contribution in [3.63, 3.8) is 0 Å². The number of carbonyl (C=O) groups is 4. The predicted molar refractivity (Wildman–Crippen MR) is 88.3 cm³/mol. The van der Waals surface area contributed by atoms with Gasteiger partial charge >= 0.3 is 11.9 Å². The molecule has 1 aromatic carbocycles. The Morgan fingerprint density at radius 3 is 2.35 bits per heavy atom. The lowest BCUT2D eigenvalue weighted by Crippen LogP contribution is -2.37. The number of hydrogen-bond donors (Lipinski definition) is 0. The summed E-state index contributed by atoms with van der Waals surface area (Å²) < 4.78 is 9.25. The highest BCUT2D eigenvalue weighted by molar-refractivity contribution is 6.06. The smallest absolute Gasteiger partial charge is 0.317 e. The van der Waals surface area contributed by atoms with Crippen molar-refractivity contribution in [2.75, 3.05) is 13.7 Å². The first-order chi connectivity index (χ1) is 12.2. The molecule has 2 unspecified atom stereocenters. The fourth-order valence-corrected chi connectivity index (χ4v) is 2.46. The number of hydrogen-bond acceptors (Lipinski definition) is 8. The highest BCUT2D eigenvalue weighted by atomic mass is 16.6. The Morgan fingerprint density at radius 2 is 1.85 bits per heavy atom. The summed E-state index contributed by atoms with van der Waals surface area (Å²) in [5.74, 6) is -5.87. The SMILES string of the molecule is CCC(=O)C(c1cccc([N+](=O)[O-])c1)C(C(=O)COC(C)=O)C(=O)OC. The molecule has 140 valence electrons. The number of rotatable bonds is 9. The summed E-state index contributed by atoms with van der Waals surface area (Å²) >= 11 is 0. The van der Waals surface area contributed by atoms with Gasteiger partial charge in [0.05, 0.1) is 18.0 Å². The molecule has 0 aromatic heterocycles. The molecule has 26 heavy (non-hydrogen) atoms. The Balaban J connectivity index is 3.40. The molecule has 0 aliphatic heterocycles. The number of Topliss-reactive ketones (excluding diaryl/α,β-unsaturated/α-hetero) is 2. The number of ketones is 2.